The number of carbonyl (C=O) groups excluding carboxylic acids is 1. The molecule has 0 saturated heterocycles. The van der Waals surface area contributed by atoms with Crippen molar-refractivity contribution < 1.29 is 9.53 Å². The molecule has 9 nitrogen and oxygen atoms in total. The Hall–Kier alpha value is -3.46. The average molecular weight is 480 g/mol. The van der Waals surface area contributed by atoms with Crippen LogP contribution in [0, 0.1) is 5.92 Å². The van der Waals surface area contributed by atoms with Crippen LogP contribution in [0.15, 0.2) is 51.6 Å². The second-order valence-electron chi connectivity index (χ2n) is 9.50. The topological polar surface area (TPSA) is 114 Å². The van der Waals surface area contributed by atoms with E-state index in [1.165, 1.54) is 4.57 Å². The van der Waals surface area contributed by atoms with Crippen molar-refractivity contribution in [3.05, 3.63) is 68.4 Å². The first-order valence-electron chi connectivity index (χ1n) is 12.1. The van der Waals surface area contributed by atoms with Gasteiger partial charge >= 0.3 is 5.69 Å². The molecule has 1 aromatic carbocycles. The van der Waals surface area contributed by atoms with E-state index in [9.17, 15) is 14.4 Å². The second kappa shape index (κ2) is 10.4. The SMILES string of the molecule is CC(C)=CCn1c(OC[C@H]2CCCC[C@@H]2N)nc2c1c(=O)n(CC(=O)c1ccccc1)c(=O)n2C. The summed E-state index contributed by atoms with van der Waals surface area (Å²) in [6.07, 6.45) is 6.16. The predicted molar refractivity (Wildman–Crippen MR) is 135 cm³/mol. The largest absolute Gasteiger partial charge is 0.464 e. The standard InChI is InChI=1S/C26H33N5O4/c1-17(2)13-14-30-22-23(28-25(30)35-16-19-11-7-8-12-20(19)27)29(3)26(34)31(24(22)33)15-21(32)18-9-5-4-6-10-18/h4-6,9-10,13,19-20H,7-8,11-12,14-16,27H2,1-3H3/t19-,20+/m1/s1. The molecule has 186 valence electrons. The molecule has 35 heavy (non-hydrogen) atoms. The van der Waals surface area contributed by atoms with E-state index < -0.39 is 11.2 Å². The number of hydrogen-bond donors (Lipinski definition) is 1. The van der Waals surface area contributed by atoms with Gasteiger partial charge in [-0.15, -0.1) is 0 Å². The van der Waals surface area contributed by atoms with Crippen molar-refractivity contribution >= 4 is 16.9 Å². The van der Waals surface area contributed by atoms with Crippen molar-refractivity contribution in [3.63, 3.8) is 0 Å². The number of hydrogen-bond acceptors (Lipinski definition) is 6. The van der Waals surface area contributed by atoms with Crippen LogP contribution in [0.2, 0.25) is 0 Å². The Kier molecular flexibility index (Phi) is 7.35. The molecular formula is C26H33N5O4. The summed E-state index contributed by atoms with van der Waals surface area (Å²) in [7, 11) is 1.55. The fourth-order valence-electron chi connectivity index (χ4n) is 4.53. The van der Waals surface area contributed by atoms with E-state index in [0.717, 1.165) is 35.8 Å². The van der Waals surface area contributed by atoms with Gasteiger partial charge in [-0.3, -0.25) is 23.3 Å². The maximum atomic E-state index is 13.5. The third-order valence-corrected chi connectivity index (χ3v) is 6.67. The fraction of sp³-hybridized carbons (Fsp3) is 0.462. The Morgan fingerprint density at radius 2 is 1.86 bits per heavy atom. The van der Waals surface area contributed by atoms with Gasteiger partial charge in [0.25, 0.3) is 11.6 Å². The van der Waals surface area contributed by atoms with E-state index >= 15 is 0 Å². The predicted octanol–water partition coefficient (Wildman–Crippen LogP) is 2.64. The normalized spacial score (nSPS) is 17.9. The van der Waals surface area contributed by atoms with Crippen LogP contribution in [0.3, 0.4) is 0 Å². The van der Waals surface area contributed by atoms with Gasteiger partial charge in [-0.2, -0.15) is 4.98 Å². The van der Waals surface area contributed by atoms with Crippen LogP contribution in [0.4, 0.5) is 0 Å². The Bertz CT molecular complexity index is 1360. The Morgan fingerprint density at radius 3 is 2.54 bits per heavy atom. The molecule has 2 N–H and O–H groups in total. The molecule has 3 aromatic rings. The van der Waals surface area contributed by atoms with Crippen LogP contribution >= 0.6 is 0 Å². The number of nitrogens with zero attached hydrogens (tertiary/aromatic N) is 4. The molecule has 0 bridgehead atoms. The summed E-state index contributed by atoms with van der Waals surface area (Å²) in [5.74, 6) is -0.105. The maximum absolute atomic E-state index is 13.5. The van der Waals surface area contributed by atoms with Gasteiger partial charge in [0.1, 0.15) is 0 Å². The Labute approximate surface area is 203 Å². The molecular weight excluding hydrogens is 446 g/mol. The maximum Gasteiger partial charge on any atom is 0.332 e. The highest BCUT2D eigenvalue weighted by Gasteiger charge is 2.25. The summed E-state index contributed by atoms with van der Waals surface area (Å²) in [4.78, 5) is 43.9. The second-order valence-corrected chi connectivity index (χ2v) is 9.50. The molecule has 4 rings (SSSR count). The number of rotatable bonds is 8. The summed E-state index contributed by atoms with van der Waals surface area (Å²) in [5, 5.41) is 0. The van der Waals surface area contributed by atoms with Crippen LogP contribution in [-0.4, -0.2) is 37.1 Å². The first kappa shape index (κ1) is 24.7. The van der Waals surface area contributed by atoms with Gasteiger partial charge in [-0.05, 0) is 26.7 Å². The molecule has 9 heteroatoms. The number of benzene rings is 1. The van der Waals surface area contributed by atoms with Crippen molar-refractivity contribution in [1.82, 2.24) is 18.7 Å². The molecule has 2 atom stereocenters. The number of imidazole rings is 1. The molecule has 0 spiro atoms. The minimum Gasteiger partial charge on any atom is -0.464 e. The lowest BCUT2D eigenvalue weighted by Gasteiger charge is -2.28. The number of allylic oxidation sites excluding steroid dienone is 2. The smallest absolute Gasteiger partial charge is 0.332 e. The molecule has 2 aromatic heterocycles. The highest BCUT2D eigenvalue weighted by molar-refractivity contribution is 5.95. The minimum atomic E-state index is -0.598. The van der Waals surface area contributed by atoms with Crippen LogP contribution in [-0.2, 0) is 20.1 Å². The quantitative estimate of drug-likeness (QED) is 0.392. The molecule has 2 heterocycles. The van der Waals surface area contributed by atoms with Crippen molar-refractivity contribution in [2.75, 3.05) is 6.61 Å². The van der Waals surface area contributed by atoms with Gasteiger partial charge in [0.05, 0.1) is 13.2 Å². The van der Waals surface area contributed by atoms with E-state index in [4.69, 9.17) is 10.5 Å². The zero-order valence-corrected chi connectivity index (χ0v) is 20.6. The van der Waals surface area contributed by atoms with Gasteiger partial charge in [-0.25, -0.2) is 4.79 Å². The van der Waals surface area contributed by atoms with Crippen molar-refractivity contribution in [3.8, 4) is 6.01 Å². The van der Waals surface area contributed by atoms with Crippen LogP contribution < -0.4 is 21.7 Å². The molecule has 0 amide bonds. The summed E-state index contributed by atoms with van der Waals surface area (Å²) in [5.41, 5.74) is 7.09. The Morgan fingerprint density at radius 1 is 1.14 bits per heavy atom. The van der Waals surface area contributed by atoms with Crippen molar-refractivity contribution in [1.29, 1.82) is 0 Å². The first-order chi connectivity index (χ1) is 16.8. The molecule has 0 unspecified atom stereocenters. The average Bonchev–Trinajstić information content (AvgIpc) is 3.22. The number of aryl methyl sites for hydroxylation is 1. The van der Waals surface area contributed by atoms with Crippen molar-refractivity contribution in [2.45, 2.75) is 58.7 Å². The van der Waals surface area contributed by atoms with E-state index in [0.29, 0.717) is 18.7 Å². The lowest BCUT2D eigenvalue weighted by molar-refractivity contribution is 0.0969. The highest BCUT2D eigenvalue weighted by Crippen LogP contribution is 2.25. The summed E-state index contributed by atoms with van der Waals surface area (Å²) in [6.45, 7) is 4.33. The third-order valence-electron chi connectivity index (χ3n) is 6.67. The number of aromatic nitrogens is 4. The molecule has 0 aliphatic heterocycles. The molecule has 1 aliphatic rings. The van der Waals surface area contributed by atoms with Crippen molar-refractivity contribution in [2.24, 2.45) is 18.7 Å². The number of nitrogens with two attached hydrogens (primary N) is 1. The number of ether oxygens (including phenoxy) is 1. The molecule has 1 saturated carbocycles. The monoisotopic (exact) mass is 479 g/mol. The van der Waals surface area contributed by atoms with Gasteiger partial charge in [0, 0.05) is 31.1 Å². The minimum absolute atomic E-state index is 0.0740. The summed E-state index contributed by atoms with van der Waals surface area (Å²) >= 11 is 0. The van der Waals surface area contributed by atoms with Gasteiger partial charge in [-0.1, -0.05) is 54.8 Å². The molecule has 0 radical (unpaired) electrons. The van der Waals surface area contributed by atoms with E-state index in [1.807, 2.05) is 19.9 Å². The lowest BCUT2D eigenvalue weighted by Crippen LogP contribution is -2.41. The Balaban J connectivity index is 1.77. The van der Waals surface area contributed by atoms with E-state index in [2.05, 4.69) is 4.98 Å². The fourth-order valence-corrected chi connectivity index (χ4v) is 4.53. The lowest BCUT2D eigenvalue weighted by atomic mass is 9.86. The van der Waals surface area contributed by atoms with Crippen LogP contribution in [0.5, 0.6) is 6.01 Å². The molecule has 1 aliphatic carbocycles. The first-order valence-corrected chi connectivity index (χ1v) is 12.1. The third kappa shape index (κ3) is 5.14. The summed E-state index contributed by atoms with van der Waals surface area (Å²) < 4.78 is 10.1. The van der Waals surface area contributed by atoms with E-state index in [1.54, 1.807) is 41.9 Å². The van der Waals surface area contributed by atoms with E-state index in [-0.39, 0.29) is 41.5 Å². The van der Waals surface area contributed by atoms with Crippen LogP contribution in [0.1, 0.15) is 49.9 Å². The zero-order chi connectivity index (χ0) is 25.1. The molecule has 1 fully saturated rings. The van der Waals surface area contributed by atoms with Gasteiger partial charge in [0.15, 0.2) is 16.9 Å². The van der Waals surface area contributed by atoms with Crippen LogP contribution in [0.25, 0.3) is 11.2 Å². The number of Topliss-reactive ketones (excluding diaryl/α,β-unsaturated/α-hetero) is 1. The number of ketones is 1. The summed E-state index contributed by atoms with van der Waals surface area (Å²) in [6, 6.07) is 8.97. The zero-order valence-electron chi connectivity index (χ0n) is 20.6. The van der Waals surface area contributed by atoms with Gasteiger partial charge in [0.2, 0.25) is 0 Å². The number of carbonyl (C=O) groups is 1. The highest BCUT2D eigenvalue weighted by atomic mass is 16.5. The number of fused-ring (bicyclic) bond motifs is 1. The van der Waals surface area contributed by atoms with Gasteiger partial charge < -0.3 is 10.5 Å².